The fraction of sp³-hybridized carbons (Fsp3) is 0.103. The lowest BCUT2D eigenvalue weighted by atomic mass is 10.1. The molecule has 1 aliphatic rings. The molecule has 0 fully saturated rings. The van der Waals surface area contributed by atoms with E-state index in [1.54, 1.807) is 42.3 Å². The number of nitrogens with zero attached hydrogens (tertiary/aromatic N) is 1. The number of fused-ring (bicyclic) bond motifs is 2. The quantitative estimate of drug-likeness (QED) is 0.350. The minimum Gasteiger partial charge on any atom is -0.497 e. The minimum atomic E-state index is -0.364. The number of hydrogen-bond acceptors (Lipinski definition) is 4. The smallest absolute Gasteiger partial charge is 0.259 e. The molecule has 0 atom stereocenters. The van der Waals surface area contributed by atoms with Crippen molar-refractivity contribution in [3.63, 3.8) is 0 Å². The zero-order valence-corrected chi connectivity index (χ0v) is 20.3. The number of ether oxygens (including phenoxy) is 1. The first-order valence-corrected chi connectivity index (χ1v) is 12.2. The molecule has 36 heavy (non-hydrogen) atoms. The van der Waals surface area contributed by atoms with Crippen LogP contribution in [-0.4, -0.2) is 18.9 Å². The van der Waals surface area contributed by atoms with Crippen molar-refractivity contribution < 1.29 is 18.7 Å². The maximum Gasteiger partial charge on any atom is 0.259 e. The van der Waals surface area contributed by atoms with Crippen molar-refractivity contribution in [1.82, 2.24) is 5.32 Å². The molecule has 0 radical (unpaired) electrons. The van der Waals surface area contributed by atoms with Gasteiger partial charge in [-0.3, -0.25) is 9.59 Å². The lowest BCUT2D eigenvalue weighted by molar-refractivity contribution is 0.0947. The Kier molecular flexibility index (Phi) is 6.73. The van der Waals surface area contributed by atoms with Crippen LogP contribution in [0.15, 0.2) is 101 Å². The van der Waals surface area contributed by atoms with Crippen LogP contribution in [0.25, 0.3) is 0 Å². The molecule has 1 N–H and O–H groups in total. The largest absolute Gasteiger partial charge is 0.497 e. The monoisotopic (exact) mass is 498 g/mol. The van der Waals surface area contributed by atoms with E-state index in [4.69, 9.17) is 4.74 Å². The van der Waals surface area contributed by atoms with Crippen molar-refractivity contribution in [2.45, 2.75) is 22.9 Å². The van der Waals surface area contributed by atoms with Gasteiger partial charge in [0, 0.05) is 21.9 Å². The van der Waals surface area contributed by atoms with Gasteiger partial charge in [-0.25, -0.2) is 4.39 Å². The predicted molar refractivity (Wildman–Crippen MR) is 138 cm³/mol. The molecule has 0 saturated heterocycles. The molecule has 0 aromatic heterocycles. The Balaban J connectivity index is 1.46. The summed E-state index contributed by atoms with van der Waals surface area (Å²) in [7, 11) is 1.61. The number of hydrogen-bond donors (Lipinski definition) is 1. The standard InChI is InChI=1S/C29H23FN2O3S/c1-35-23-12-9-19(10-13-23)17-31-28(33)21-11-14-27-25(16-21)32(18-20-5-4-6-22(30)15-20)29(34)24-7-2-3-8-26(24)36-27/h2-16H,17-18H2,1H3,(H,31,33). The molecule has 0 aliphatic carbocycles. The lowest BCUT2D eigenvalue weighted by Crippen LogP contribution is -2.31. The molecule has 5 nitrogen and oxygen atoms in total. The fourth-order valence-electron chi connectivity index (χ4n) is 4.06. The molecular weight excluding hydrogens is 475 g/mol. The van der Waals surface area contributed by atoms with E-state index in [0.717, 1.165) is 21.1 Å². The first-order valence-electron chi connectivity index (χ1n) is 11.4. The van der Waals surface area contributed by atoms with E-state index in [1.165, 1.54) is 23.9 Å². The molecule has 0 bridgehead atoms. The van der Waals surface area contributed by atoms with Crippen LogP contribution in [0.4, 0.5) is 10.1 Å². The second kappa shape index (κ2) is 10.3. The van der Waals surface area contributed by atoms with Gasteiger partial charge in [-0.15, -0.1) is 0 Å². The van der Waals surface area contributed by atoms with Crippen LogP contribution in [0.3, 0.4) is 0 Å². The van der Waals surface area contributed by atoms with Gasteiger partial charge >= 0.3 is 0 Å². The van der Waals surface area contributed by atoms with E-state index in [2.05, 4.69) is 5.32 Å². The fourth-order valence-corrected chi connectivity index (χ4v) is 5.12. The van der Waals surface area contributed by atoms with Gasteiger partial charge in [0.05, 0.1) is 24.9 Å². The molecular formula is C29H23FN2O3S. The summed E-state index contributed by atoms with van der Waals surface area (Å²) in [6, 6.07) is 26.4. The van der Waals surface area contributed by atoms with Crippen LogP contribution in [0, 0.1) is 5.82 Å². The number of halogens is 1. The van der Waals surface area contributed by atoms with E-state index >= 15 is 0 Å². The van der Waals surface area contributed by atoms with Gasteiger partial charge in [0.1, 0.15) is 11.6 Å². The number of carbonyl (C=O) groups is 2. The minimum absolute atomic E-state index is 0.176. The molecule has 180 valence electrons. The Hall–Kier alpha value is -4.10. The summed E-state index contributed by atoms with van der Waals surface area (Å²) in [6.45, 7) is 0.529. The molecule has 0 spiro atoms. The number of benzene rings is 4. The summed E-state index contributed by atoms with van der Waals surface area (Å²) in [5.41, 5.74) is 3.22. The number of anilines is 1. The predicted octanol–water partition coefficient (Wildman–Crippen LogP) is 6.08. The van der Waals surface area contributed by atoms with Crippen molar-refractivity contribution in [1.29, 1.82) is 0 Å². The zero-order valence-electron chi connectivity index (χ0n) is 19.5. The van der Waals surface area contributed by atoms with Crippen LogP contribution < -0.4 is 15.0 Å². The Bertz CT molecular complexity index is 1440. The van der Waals surface area contributed by atoms with E-state index in [0.29, 0.717) is 28.9 Å². The summed E-state index contributed by atoms with van der Waals surface area (Å²) in [4.78, 5) is 30.0. The van der Waals surface area contributed by atoms with Crippen molar-refractivity contribution in [3.8, 4) is 5.75 Å². The molecule has 1 aliphatic heterocycles. The number of carbonyl (C=O) groups excluding carboxylic acids is 2. The average molecular weight is 499 g/mol. The SMILES string of the molecule is COc1ccc(CNC(=O)c2ccc3c(c2)N(Cc2cccc(F)c2)C(=O)c2ccccc2S3)cc1. The van der Waals surface area contributed by atoms with Gasteiger partial charge < -0.3 is 15.0 Å². The van der Waals surface area contributed by atoms with Crippen molar-refractivity contribution in [3.05, 3.63) is 119 Å². The third kappa shape index (κ3) is 4.97. The maximum atomic E-state index is 13.9. The van der Waals surface area contributed by atoms with Crippen molar-refractivity contribution in [2.24, 2.45) is 0 Å². The van der Waals surface area contributed by atoms with Gasteiger partial charge in [-0.2, -0.15) is 0 Å². The molecule has 0 saturated carbocycles. The first-order chi connectivity index (χ1) is 17.5. The Labute approximate surface area is 212 Å². The van der Waals surface area contributed by atoms with E-state index in [-0.39, 0.29) is 24.2 Å². The van der Waals surface area contributed by atoms with Gasteiger partial charge in [0.25, 0.3) is 11.8 Å². The highest BCUT2D eigenvalue weighted by atomic mass is 32.2. The second-order valence-corrected chi connectivity index (χ2v) is 9.42. The highest BCUT2D eigenvalue weighted by Crippen LogP contribution is 2.42. The van der Waals surface area contributed by atoms with E-state index in [9.17, 15) is 14.0 Å². The normalized spacial score (nSPS) is 12.4. The van der Waals surface area contributed by atoms with Gasteiger partial charge in [0.2, 0.25) is 0 Å². The van der Waals surface area contributed by atoms with Gasteiger partial charge in [-0.05, 0) is 65.7 Å². The number of methoxy groups -OCH3 is 1. The lowest BCUT2D eigenvalue weighted by Gasteiger charge is -2.24. The summed E-state index contributed by atoms with van der Waals surface area (Å²) < 4.78 is 19.1. The third-order valence-corrected chi connectivity index (χ3v) is 7.08. The van der Waals surface area contributed by atoms with Crippen LogP contribution in [0.1, 0.15) is 31.8 Å². The third-order valence-electron chi connectivity index (χ3n) is 5.94. The Morgan fingerprint density at radius 1 is 0.917 bits per heavy atom. The second-order valence-electron chi connectivity index (χ2n) is 8.33. The Morgan fingerprint density at radius 3 is 2.50 bits per heavy atom. The summed E-state index contributed by atoms with van der Waals surface area (Å²) >= 11 is 1.48. The maximum absolute atomic E-state index is 13.9. The van der Waals surface area contributed by atoms with Crippen LogP contribution in [0.5, 0.6) is 5.75 Å². The summed E-state index contributed by atoms with van der Waals surface area (Å²) in [5, 5.41) is 2.94. The van der Waals surface area contributed by atoms with Crippen LogP contribution in [-0.2, 0) is 13.1 Å². The molecule has 2 amide bonds. The molecule has 0 unspecified atom stereocenters. The zero-order chi connectivity index (χ0) is 25.1. The molecule has 4 aromatic carbocycles. The highest BCUT2D eigenvalue weighted by molar-refractivity contribution is 7.99. The Morgan fingerprint density at radius 2 is 1.72 bits per heavy atom. The van der Waals surface area contributed by atoms with Gasteiger partial charge in [-0.1, -0.05) is 48.2 Å². The number of rotatable bonds is 6. The van der Waals surface area contributed by atoms with E-state index in [1.807, 2.05) is 48.5 Å². The molecule has 5 rings (SSSR count). The van der Waals surface area contributed by atoms with Gasteiger partial charge in [0.15, 0.2) is 0 Å². The first kappa shape index (κ1) is 23.6. The highest BCUT2D eigenvalue weighted by Gasteiger charge is 2.28. The number of nitrogens with one attached hydrogen (secondary N) is 1. The number of amides is 2. The molecule has 7 heteroatoms. The molecule has 4 aromatic rings. The van der Waals surface area contributed by atoms with E-state index < -0.39 is 0 Å². The van der Waals surface area contributed by atoms with Crippen molar-refractivity contribution >= 4 is 29.3 Å². The summed E-state index contributed by atoms with van der Waals surface area (Å²) in [6.07, 6.45) is 0. The van der Waals surface area contributed by atoms with Crippen LogP contribution >= 0.6 is 11.8 Å². The molecule has 1 heterocycles. The van der Waals surface area contributed by atoms with Crippen LogP contribution in [0.2, 0.25) is 0 Å². The van der Waals surface area contributed by atoms with Crippen molar-refractivity contribution in [2.75, 3.05) is 12.0 Å². The summed E-state index contributed by atoms with van der Waals surface area (Å²) in [5.74, 6) is -0.0655. The topological polar surface area (TPSA) is 58.6 Å². The average Bonchev–Trinajstić information content (AvgIpc) is 3.01.